The lowest BCUT2D eigenvalue weighted by atomic mass is 9.86. The lowest BCUT2D eigenvalue weighted by molar-refractivity contribution is -0.125. The molecule has 1 fully saturated rings. The minimum Gasteiger partial charge on any atom is -0.452 e. The number of fused-ring (bicyclic) bond motifs is 1. The van der Waals surface area contributed by atoms with Gasteiger partial charge < -0.3 is 15.4 Å². The zero-order valence-corrected chi connectivity index (χ0v) is 15.7. The Morgan fingerprint density at radius 2 is 2.12 bits per heavy atom. The van der Waals surface area contributed by atoms with E-state index in [1.54, 1.807) is 30.0 Å². The predicted molar refractivity (Wildman–Crippen MR) is 100 cm³/mol. The summed E-state index contributed by atoms with van der Waals surface area (Å²) in [5.41, 5.74) is 0.942. The van der Waals surface area contributed by atoms with Crippen LogP contribution >= 0.6 is 11.8 Å². The Morgan fingerprint density at radius 1 is 1.31 bits per heavy atom. The van der Waals surface area contributed by atoms with E-state index in [1.165, 1.54) is 6.42 Å². The second kappa shape index (κ2) is 8.58. The van der Waals surface area contributed by atoms with Crippen LogP contribution in [0.3, 0.4) is 0 Å². The van der Waals surface area contributed by atoms with E-state index < -0.39 is 5.97 Å². The number of rotatable bonds is 4. The number of anilines is 1. The Hall–Kier alpha value is -2.02. The van der Waals surface area contributed by atoms with Crippen molar-refractivity contribution in [2.45, 2.75) is 50.0 Å². The average Bonchev–Trinajstić information content (AvgIpc) is 2.81. The van der Waals surface area contributed by atoms with Crippen LogP contribution in [0.4, 0.5) is 5.69 Å². The van der Waals surface area contributed by atoms with Gasteiger partial charge in [0.2, 0.25) is 5.91 Å². The van der Waals surface area contributed by atoms with Crippen molar-refractivity contribution < 1.29 is 19.1 Å². The summed E-state index contributed by atoms with van der Waals surface area (Å²) in [5, 5.41) is 5.76. The first kappa shape index (κ1) is 18.8. The lowest BCUT2D eigenvalue weighted by Gasteiger charge is -2.29. The van der Waals surface area contributed by atoms with Gasteiger partial charge in [-0.3, -0.25) is 9.59 Å². The van der Waals surface area contributed by atoms with Gasteiger partial charge in [-0.1, -0.05) is 19.8 Å². The molecule has 0 bridgehead atoms. The number of hydrogen-bond donors (Lipinski definition) is 2. The molecular weight excluding hydrogens is 352 g/mol. The number of nitrogens with one attached hydrogen (secondary N) is 2. The third-order valence-corrected chi connectivity index (χ3v) is 5.94. The molecule has 0 unspecified atom stereocenters. The molecule has 1 saturated carbocycles. The molecule has 2 aliphatic rings. The maximum atomic E-state index is 12.2. The molecule has 2 atom stereocenters. The van der Waals surface area contributed by atoms with Gasteiger partial charge in [0.05, 0.1) is 11.3 Å². The van der Waals surface area contributed by atoms with Crippen LogP contribution in [0.25, 0.3) is 0 Å². The Morgan fingerprint density at radius 3 is 2.92 bits per heavy atom. The molecular formula is C19H24N2O4S. The molecule has 1 aromatic rings. The molecule has 1 aliphatic heterocycles. The standard InChI is InChI=1S/C19H24N2O4S/c1-12-4-2-3-5-14(12)20-18(23)11-25-19(24)13-6-7-16-15(10-13)21-17(22)8-9-26-16/h6-7,10,12,14H,2-5,8-9,11H2,1H3,(H,20,23)(H,21,22)/t12-,14-/m0/s1. The number of esters is 1. The first-order valence-corrected chi connectivity index (χ1v) is 10.0. The largest absolute Gasteiger partial charge is 0.452 e. The smallest absolute Gasteiger partial charge is 0.338 e. The second-order valence-corrected chi connectivity index (χ2v) is 8.01. The number of amides is 2. The fraction of sp³-hybridized carbons (Fsp3) is 0.526. The van der Waals surface area contributed by atoms with Crippen LogP contribution in [0.2, 0.25) is 0 Å². The van der Waals surface area contributed by atoms with Gasteiger partial charge in [-0.25, -0.2) is 4.79 Å². The zero-order chi connectivity index (χ0) is 18.5. The van der Waals surface area contributed by atoms with E-state index in [0.717, 1.165) is 24.2 Å². The second-order valence-electron chi connectivity index (χ2n) is 6.87. The zero-order valence-electron chi connectivity index (χ0n) is 14.9. The van der Waals surface area contributed by atoms with E-state index in [0.29, 0.717) is 29.3 Å². The molecule has 0 spiro atoms. The summed E-state index contributed by atoms with van der Waals surface area (Å²) in [6, 6.07) is 5.22. The quantitative estimate of drug-likeness (QED) is 0.789. The Labute approximate surface area is 157 Å². The number of benzene rings is 1. The summed E-state index contributed by atoms with van der Waals surface area (Å²) in [4.78, 5) is 36.9. The van der Waals surface area contributed by atoms with Gasteiger partial charge in [-0.2, -0.15) is 0 Å². The van der Waals surface area contributed by atoms with E-state index in [1.807, 2.05) is 0 Å². The van der Waals surface area contributed by atoms with Crippen molar-refractivity contribution in [1.82, 2.24) is 5.32 Å². The highest BCUT2D eigenvalue weighted by atomic mass is 32.2. The summed E-state index contributed by atoms with van der Waals surface area (Å²) in [6.07, 6.45) is 4.86. The molecule has 3 rings (SSSR count). The first-order valence-electron chi connectivity index (χ1n) is 9.06. The molecule has 2 amide bonds. The Balaban J connectivity index is 1.55. The molecule has 0 aromatic heterocycles. The number of hydrogen-bond acceptors (Lipinski definition) is 5. The van der Waals surface area contributed by atoms with Crippen LogP contribution in [0, 0.1) is 5.92 Å². The predicted octanol–water partition coefficient (Wildman–Crippen LogP) is 2.97. The highest BCUT2D eigenvalue weighted by Gasteiger charge is 2.23. The average molecular weight is 376 g/mol. The maximum Gasteiger partial charge on any atom is 0.338 e. The molecule has 26 heavy (non-hydrogen) atoms. The van der Waals surface area contributed by atoms with Crippen molar-refractivity contribution in [1.29, 1.82) is 0 Å². The molecule has 6 nitrogen and oxygen atoms in total. The van der Waals surface area contributed by atoms with Gasteiger partial charge >= 0.3 is 5.97 Å². The molecule has 2 N–H and O–H groups in total. The molecule has 0 radical (unpaired) electrons. The van der Waals surface area contributed by atoms with Crippen molar-refractivity contribution in [2.75, 3.05) is 17.7 Å². The minimum absolute atomic E-state index is 0.0669. The van der Waals surface area contributed by atoms with Crippen LogP contribution in [0.1, 0.15) is 49.4 Å². The van der Waals surface area contributed by atoms with E-state index in [-0.39, 0.29) is 24.5 Å². The third kappa shape index (κ3) is 4.78. The number of carbonyl (C=O) groups excluding carboxylic acids is 3. The van der Waals surface area contributed by atoms with Crippen molar-refractivity contribution >= 4 is 35.2 Å². The third-order valence-electron chi connectivity index (χ3n) is 4.87. The van der Waals surface area contributed by atoms with Gasteiger partial charge in [-0.05, 0) is 37.0 Å². The van der Waals surface area contributed by atoms with E-state index in [9.17, 15) is 14.4 Å². The Kier molecular flexibility index (Phi) is 6.19. The van der Waals surface area contributed by atoms with Crippen LogP contribution in [-0.2, 0) is 14.3 Å². The number of carbonyl (C=O) groups is 3. The first-order chi connectivity index (χ1) is 12.5. The molecule has 1 aliphatic carbocycles. The van der Waals surface area contributed by atoms with E-state index in [2.05, 4.69) is 17.6 Å². The molecule has 1 aromatic carbocycles. The van der Waals surface area contributed by atoms with Crippen LogP contribution in [-0.4, -0.2) is 36.2 Å². The fourth-order valence-electron chi connectivity index (χ4n) is 3.34. The van der Waals surface area contributed by atoms with Gasteiger partial charge in [0.15, 0.2) is 6.61 Å². The molecule has 140 valence electrons. The van der Waals surface area contributed by atoms with E-state index in [4.69, 9.17) is 4.74 Å². The number of ether oxygens (including phenoxy) is 1. The maximum absolute atomic E-state index is 12.2. The summed E-state index contributed by atoms with van der Waals surface area (Å²) < 4.78 is 5.15. The molecule has 7 heteroatoms. The highest BCUT2D eigenvalue weighted by molar-refractivity contribution is 7.99. The lowest BCUT2D eigenvalue weighted by Crippen LogP contribution is -2.42. The van der Waals surface area contributed by atoms with Gasteiger partial charge in [0, 0.05) is 23.1 Å². The summed E-state index contributed by atoms with van der Waals surface area (Å²) in [5.74, 6) is 0.262. The molecule has 1 heterocycles. The van der Waals surface area contributed by atoms with Crippen molar-refractivity contribution in [2.24, 2.45) is 5.92 Å². The summed E-state index contributed by atoms with van der Waals surface area (Å²) in [6.45, 7) is 1.85. The number of thioether (sulfide) groups is 1. The van der Waals surface area contributed by atoms with Crippen LogP contribution in [0.5, 0.6) is 0 Å². The van der Waals surface area contributed by atoms with Gasteiger partial charge in [-0.15, -0.1) is 11.8 Å². The SMILES string of the molecule is C[C@H]1CCCC[C@@H]1NC(=O)COC(=O)c1ccc2c(c1)NC(=O)CCS2. The van der Waals surface area contributed by atoms with Crippen LogP contribution < -0.4 is 10.6 Å². The van der Waals surface area contributed by atoms with Crippen molar-refractivity contribution in [3.05, 3.63) is 23.8 Å². The summed E-state index contributed by atoms with van der Waals surface area (Å²) in [7, 11) is 0. The van der Waals surface area contributed by atoms with Crippen molar-refractivity contribution in [3.63, 3.8) is 0 Å². The highest BCUT2D eigenvalue weighted by Crippen LogP contribution is 2.31. The van der Waals surface area contributed by atoms with Gasteiger partial charge in [0.25, 0.3) is 5.91 Å². The van der Waals surface area contributed by atoms with Crippen LogP contribution in [0.15, 0.2) is 23.1 Å². The molecule has 0 saturated heterocycles. The Bertz CT molecular complexity index is 707. The fourth-order valence-corrected chi connectivity index (χ4v) is 4.28. The summed E-state index contributed by atoms with van der Waals surface area (Å²) >= 11 is 1.57. The van der Waals surface area contributed by atoms with E-state index >= 15 is 0 Å². The monoisotopic (exact) mass is 376 g/mol. The minimum atomic E-state index is -0.567. The van der Waals surface area contributed by atoms with Crippen molar-refractivity contribution in [3.8, 4) is 0 Å². The topological polar surface area (TPSA) is 84.5 Å². The normalized spacial score (nSPS) is 22.6. The van der Waals surface area contributed by atoms with Gasteiger partial charge in [0.1, 0.15) is 0 Å².